The highest BCUT2D eigenvalue weighted by molar-refractivity contribution is 5.96. The van der Waals surface area contributed by atoms with Crippen LogP contribution in [0.1, 0.15) is 28.4 Å². The summed E-state index contributed by atoms with van der Waals surface area (Å²) in [5.41, 5.74) is 3.44. The van der Waals surface area contributed by atoms with E-state index < -0.39 is 0 Å². The van der Waals surface area contributed by atoms with Gasteiger partial charge < -0.3 is 15.4 Å². The molecule has 1 fully saturated rings. The third-order valence-corrected chi connectivity index (χ3v) is 4.43. The van der Waals surface area contributed by atoms with Gasteiger partial charge in [0.2, 0.25) is 5.91 Å². The van der Waals surface area contributed by atoms with Crippen LogP contribution in [-0.2, 0) is 22.6 Å². The fraction of sp³-hybridized carbons (Fsp3) is 0.333. The van der Waals surface area contributed by atoms with Crippen LogP contribution in [0.4, 0.5) is 5.69 Å². The minimum atomic E-state index is -0.167. The Morgan fingerprint density at radius 3 is 2.44 bits per heavy atom. The lowest BCUT2D eigenvalue weighted by Gasteiger charge is -2.26. The number of anilines is 1. The van der Waals surface area contributed by atoms with Crippen LogP contribution in [0.3, 0.4) is 0 Å². The molecule has 0 spiro atoms. The second-order valence-electron chi connectivity index (χ2n) is 6.65. The molecule has 1 heterocycles. The van der Waals surface area contributed by atoms with Crippen LogP contribution in [0.2, 0.25) is 0 Å². The van der Waals surface area contributed by atoms with Gasteiger partial charge in [-0.25, -0.2) is 0 Å². The minimum absolute atomic E-state index is 0.162. The SMILES string of the molecule is CC(=O)Nc1cccc(C(=O)NCc2ccc(CN3CCOCC3)cc2)c1. The van der Waals surface area contributed by atoms with E-state index >= 15 is 0 Å². The lowest BCUT2D eigenvalue weighted by atomic mass is 10.1. The molecular formula is C21H25N3O3. The predicted octanol–water partition coefficient (Wildman–Crippen LogP) is 2.41. The van der Waals surface area contributed by atoms with E-state index in [0.29, 0.717) is 17.8 Å². The van der Waals surface area contributed by atoms with Crippen molar-refractivity contribution in [1.29, 1.82) is 0 Å². The van der Waals surface area contributed by atoms with Gasteiger partial charge in [-0.05, 0) is 29.3 Å². The highest BCUT2D eigenvalue weighted by Crippen LogP contribution is 2.12. The molecule has 6 nitrogen and oxygen atoms in total. The Balaban J connectivity index is 1.52. The molecule has 2 aromatic rings. The van der Waals surface area contributed by atoms with Crippen molar-refractivity contribution in [3.63, 3.8) is 0 Å². The molecule has 142 valence electrons. The smallest absolute Gasteiger partial charge is 0.251 e. The van der Waals surface area contributed by atoms with Crippen LogP contribution < -0.4 is 10.6 Å². The molecule has 0 unspecified atom stereocenters. The van der Waals surface area contributed by atoms with Crippen LogP contribution in [0.25, 0.3) is 0 Å². The second kappa shape index (κ2) is 9.30. The second-order valence-corrected chi connectivity index (χ2v) is 6.65. The number of benzene rings is 2. The number of hydrogen-bond donors (Lipinski definition) is 2. The Morgan fingerprint density at radius 2 is 1.74 bits per heavy atom. The van der Waals surface area contributed by atoms with E-state index in [1.54, 1.807) is 24.3 Å². The van der Waals surface area contributed by atoms with Crippen LogP contribution in [-0.4, -0.2) is 43.0 Å². The van der Waals surface area contributed by atoms with E-state index in [4.69, 9.17) is 4.74 Å². The molecule has 0 bridgehead atoms. The molecule has 0 saturated carbocycles. The van der Waals surface area contributed by atoms with Gasteiger partial charge in [0.15, 0.2) is 0 Å². The average Bonchev–Trinajstić information content (AvgIpc) is 2.68. The molecule has 0 atom stereocenters. The number of carbonyl (C=O) groups is 2. The molecule has 0 aliphatic carbocycles. The number of carbonyl (C=O) groups excluding carboxylic acids is 2. The zero-order valence-electron chi connectivity index (χ0n) is 15.5. The van der Waals surface area contributed by atoms with Gasteiger partial charge in [-0.1, -0.05) is 30.3 Å². The summed E-state index contributed by atoms with van der Waals surface area (Å²) in [6, 6.07) is 15.2. The number of hydrogen-bond acceptors (Lipinski definition) is 4. The van der Waals surface area contributed by atoms with E-state index in [1.807, 2.05) is 12.1 Å². The van der Waals surface area contributed by atoms with Crippen molar-refractivity contribution in [1.82, 2.24) is 10.2 Å². The van der Waals surface area contributed by atoms with Gasteiger partial charge in [-0.15, -0.1) is 0 Å². The predicted molar refractivity (Wildman–Crippen MR) is 104 cm³/mol. The summed E-state index contributed by atoms with van der Waals surface area (Å²) in [7, 11) is 0. The fourth-order valence-electron chi connectivity index (χ4n) is 3.01. The third-order valence-electron chi connectivity index (χ3n) is 4.43. The van der Waals surface area contributed by atoms with Gasteiger partial charge in [0.25, 0.3) is 5.91 Å². The molecule has 1 aliphatic heterocycles. The zero-order chi connectivity index (χ0) is 19.1. The fourth-order valence-corrected chi connectivity index (χ4v) is 3.01. The first-order chi connectivity index (χ1) is 13.1. The van der Waals surface area contributed by atoms with Gasteiger partial charge in [-0.2, -0.15) is 0 Å². The maximum Gasteiger partial charge on any atom is 0.251 e. The van der Waals surface area contributed by atoms with Crippen LogP contribution in [0.15, 0.2) is 48.5 Å². The lowest BCUT2D eigenvalue weighted by Crippen LogP contribution is -2.35. The van der Waals surface area contributed by atoms with Crippen molar-refractivity contribution < 1.29 is 14.3 Å². The molecule has 1 saturated heterocycles. The van der Waals surface area contributed by atoms with Crippen molar-refractivity contribution in [2.45, 2.75) is 20.0 Å². The molecule has 27 heavy (non-hydrogen) atoms. The topological polar surface area (TPSA) is 70.7 Å². The summed E-state index contributed by atoms with van der Waals surface area (Å²) in [6.07, 6.45) is 0. The first-order valence-electron chi connectivity index (χ1n) is 9.14. The Labute approximate surface area is 159 Å². The molecular weight excluding hydrogens is 342 g/mol. The summed E-state index contributed by atoms with van der Waals surface area (Å²) >= 11 is 0. The van der Waals surface area contributed by atoms with E-state index in [2.05, 4.69) is 27.7 Å². The Bertz CT molecular complexity index is 784. The van der Waals surface area contributed by atoms with Crippen LogP contribution in [0, 0.1) is 0 Å². The minimum Gasteiger partial charge on any atom is -0.379 e. The van der Waals surface area contributed by atoms with E-state index in [9.17, 15) is 9.59 Å². The first kappa shape index (κ1) is 19.1. The standard InChI is InChI=1S/C21H25N3O3/c1-16(25)23-20-4-2-3-19(13-20)21(26)22-14-17-5-7-18(8-6-17)15-24-9-11-27-12-10-24/h2-8,13H,9-12,14-15H2,1H3,(H,22,26)(H,23,25). The summed E-state index contributed by atoms with van der Waals surface area (Å²) in [4.78, 5) is 25.9. The lowest BCUT2D eigenvalue weighted by molar-refractivity contribution is -0.114. The number of rotatable bonds is 6. The van der Waals surface area contributed by atoms with Crippen molar-refractivity contribution in [3.05, 3.63) is 65.2 Å². The van der Waals surface area contributed by atoms with Gasteiger partial charge in [0.05, 0.1) is 13.2 Å². The van der Waals surface area contributed by atoms with Crippen molar-refractivity contribution in [2.75, 3.05) is 31.6 Å². The average molecular weight is 367 g/mol. The third kappa shape index (κ3) is 5.91. The van der Waals surface area contributed by atoms with E-state index in [0.717, 1.165) is 38.4 Å². The number of amides is 2. The van der Waals surface area contributed by atoms with Gasteiger partial charge >= 0.3 is 0 Å². The van der Waals surface area contributed by atoms with Crippen molar-refractivity contribution >= 4 is 17.5 Å². The molecule has 2 N–H and O–H groups in total. The van der Waals surface area contributed by atoms with Crippen molar-refractivity contribution in [2.24, 2.45) is 0 Å². The Morgan fingerprint density at radius 1 is 1.04 bits per heavy atom. The highest BCUT2D eigenvalue weighted by Gasteiger charge is 2.11. The zero-order valence-corrected chi connectivity index (χ0v) is 15.5. The Hall–Kier alpha value is -2.70. The summed E-state index contributed by atoms with van der Waals surface area (Å²) in [5, 5.41) is 5.60. The van der Waals surface area contributed by atoms with Gasteiger partial charge in [-0.3, -0.25) is 14.5 Å². The molecule has 2 aromatic carbocycles. The molecule has 1 aliphatic rings. The summed E-state index contributed by atoms with van der Waals surface area (Å²) in [5.74, 6) is -0.329. The molecule has 0 radical (unpaired) electrons. The monoisotopic (exact) mass is 367 g/mol. The molecule has 3 rings (SSSR count). The number of morpholine rings is 1. The van der Waals surface area contributed by atoms with Crippen LogP contribution >= 0.6 is 0 Å². The number of nitrogens with zero attached hydrogens (tertiary/aromatic N) is 1. The van der Waals surface area contributed by atoms with Gasteiger partial charge in [0, 0.05) is 44.4 Å². The maximum atomic E-state index is 12.3. The van der Waals surface area contributed by atoms with E-state index in [1.165, 1.54) is 12.5 Å². The summed E-state index contributed by atoms with van der Waals surface area (Å²) < 4.78 is 5.37. The largest absolute Gasteiger partial charge is 0.379 e. The highest BCUT2D eigenvalue weighted by atomic mass is 16.5. The maximum absolute atomic E-state index is 12.3. The summed E-state index contributed by atoms with van der Waals surface area (Å²) in [6.45, 7) is 6.35. The quantitative estimate of drug-likeness (QED) is 0.823. The molecule has 6 heteroatoms. The number of nitrogens with one attached hydrogen (secondary N) is 2. The number of ether oxygens (including phenoxy) is 1. The first-order valence-corrected chi connectivity index (χ1v) is 9.14. The molecule has 0 aromatic heterocycles. The van der Waals surface area contributed by atoms with E-state index in [-0.39, 0.29) is 11.8 Å². The Kier molecular flexibility index (Phi) is 6.57. The van der Waals surface area contributed by atoms with Crippen molar-refractivity contribution in [3.8, 4) is 0 Å². The normalized spacial score (nSPS) is 14.6. The van der Waals surface area contributed by atoms with Gasteiger partial charge in [0.1, 0.15) is 0 Å². The molecule has 2 amide bonds. The van der Waals surface area contributed by atoms with Crippen LogP contribution in [0.5, 0.6) is 0 Å².